The lowest BCUT2D eigenvalue weighted by atomic mass is 9.85. The summed E-state index contributed by atoms with van der Waals surface area (Å²) in [4.78, 5) is 2.81. The Morgan fingerprint density at radius 2 is 1.67 bits per heavy atom. The summed E-state index contributed by atoms with van der Waals surface area (Å²) in [5, 5.41) is 0. The second kappa shape index (κ2) is 7.49. The molecular formula is C26H31NO3. The molecule has 0 N–H and O–H groups in total. The minimum atomic E-state index is 0.313. The van der Waals surface area contributed by atoms with Crippen LogP contribution in [0, 0.1) is 11.8 Å². The van der Waals surface area contributed by atoms with Crippen molar-refractivity contribution in [3.05, 3.63) is 42.0 Å². The van der Waals surface area contributed by atoms with Crippen LogP contribution in [0.3, 0.4) is 0 Å². The van der Waals surface area contributed by atoms with E-state index in [-0.39, 0.29) is 0 Å². The summed E-state index contributed by atoms with van der Waals surface area (Å²) in [6, 6.07) is 13.7. The summed E-state index contributed by atoms with van der Waals surface area (Å²) >= 11 is 0. The second-order valence-electron chi connectivity index (χ2n) is 9.58. The molecule has 4 aliphatic rings. The van der Waals surface area contributed by atoms with Crippen LogP contribution in [0.2, 0.25) is 0 Å². The zero-order valence-corrected chi connectivity index (χ0v) is 17.8. The van der Waals surface area contributed by atoms with E-state index in [1.165, 1.54) is 68.3 Å². The van der Waals surface area contributed by atoms with E-state index in [1.54, 1.807) is 7.11 Å². The number of benzene rings is 2. The number of hydrogen-bond donors (Lipinski definition) is 0. The molecule has 2 aliphatic carbocycles. The Hall–Kier alpha value is -2.20. The van der Waals surface area contributed by atoms with Crippen LogP contribution in [-0.4, -0.2) is 37.9 Å². The molecule has 30 heavy (non-hydrogen) atoms. The van der Waals surface area contributed by atoms with Crippen molar-refractivity contribution in [3.8, 4) is 28.4 Å². The van der Waals surface area contributed by atoms with E-state index in [1.807, 2.05) is 6.07 Å². The number of piperidine rings is 1. The highest BCUT2D eigenvalue weighted by Gasteiger charge is 2.43. The molecule has 158 valence electrons. The van der Waals surface area contributed by atoms with Crippen molar-refractivity contribution in [1.82, 2.24) is 4.90 Å². The van der Waals surface area contributed by atoms with E-state index in [2.05, 4.69) is 35.2 Å². The molecule has 2 aromatic carbocycles. The SMILES string of the molecule is COc1ccc(-c2ccc3c(c2)OCO3)cc1C1CCN(C2C[C@@H]3CC[C@@H]2C3)CC1. The number of fused-ring (bicyclic) bond motifs is 3. The van der Waals surface area contributed by atoms with Gasteiger partial charge in [0.1, 0.15) is 5.75 Å². The van der Waals surface area contributed by atoms with Crippen LogP contribution in [0.15, 0.2) is 36.4 Å². The minimum Gasteiger partial charge on any atom is -0.496 e. The second-order valence-corrected chi connectivity index (χ2v) is 9.58. The standard InChI is InChI=1S/C26H31NO3/c1-28-24-6-4-19(20-5-7-25-26(15-20)30-16-29-25)14-22(24)18-8-10-27(11-9-18)23-13-17-2-3-21(23)12-17/h4-7,14-15,17-18,21,23H,2-3,8-13,16H2,1H3/t17-,21-,23?/m1/s1. The van der Waals surface area contributed by atoms with E-state index in [9.17, 15) is 0 Å². The predicted molar refractivity (Wildman–Crippen MR) is 117 cm³/mol. The first kappa shape index (κ1) is 18.6. The first-order valence-corrected chi connectivity index (χ1v) is 11.6. The van der Waals surface area contributed by atoms with Gasteiger partial charge in [-0.3, -0.25) is 0 Å². The van der Waals surface area contributed by atoms with Gasteiger partial charge in [-0.15, -0.1) is 0 Å². The highest BCUT2D eigenvalue weighted by atomic mass is 16.7. The number of nitrogens with zero attached hydrogens (tertiary/aromatic N) is 1. The molecule has 0 amide bonds. The summed E-state index contributed by atoms with van der Waals surface area (Å²) in [7, 11) is 1.80. The molecule has 3 fully saturated rings. The Labute approximate surface area is 179 Å². The maximum atomic E-state index is 5.77. The van der Waals surface area contributed by atoms with Crippen LogP contribution >= 0.6 is 0 Å². The number of likely N-dealkylation sites (tertiary alicyclic amines) is 1. The number of ether oxygens (including phenoxy) is 3. The molecule has 2 saturated carbocycles. The quantitative estimate of drug-likeness (QED) is 0.676. The Morgan fingerprint density at radius 1 is 0.867 bits per heavy atom. The fourth-order valence-corrected chi connectivity index (χ4v) is 6.51. The van der Waals surface area contributed by atoms with E-state index in [4.69, 9.17) is 14.2 Å². The third-order valence-corrected chi connectivity index (χ3v) is 8.07. The molecule has 6 rings (SSSR count). The van der Waals surface area contributed by atoms with Crippen LogP contribution in [0.1, 0.15) is 50.0 Å². The number of rotatable bonds is 4. The number of methoxy groups -OCH3 is 1. The first-order valence-electron chi connectivity index (χ1n) is 11.6. The Kier molecular flexibility index (Phi) is 4.63. The zero-order chi connectivity index (χ0) is 20.1. The van der Waals surface area contributed by atoms with Crippen LogP contribution in [-0.2, 0) is 0 Å². The lowest BCUT2D eigenvalue weighted by Crippen LogP contribution is -2.43. The monoisotopic (exact) mass is 405 g/mol. The summed E-state index contributed by atoms with van der Waals surface area (Å²) in [5.41, 5.74) is 3.75. The Balaban J connectivity index is 1.21. The van der Waals surface area contributed by atoms with Crippen molar-refractivity contribution in [1.29, 1.82) is 0 Å². The molecule has 2 bridgehead atoms. The first-order chi connectivity index (χ1) is 14.8. The van der Waals surface area contributed by atoms with Crippen LogP contribution in [0.25, 0.3) is 11.1 Å². The maximum absolute atomic E-state index is 5.77. The Bertz CT molecular complexity index is 934. The molecule has 0 spiro atoms. The topological polar surface area (TPSA) is 30.9 Å². The smallest absolute Gasteiger partial charge is 0.231 e. The highest BCUT2D eigenvalue weighted by Crippen LogP contribution is 2.48. The van der Waals surface area contributed by atoms with Gasteiger partial charge < -0.3 is 19.1 Å². The molecule has 1 saturated heterocycles. The number of hydrogen-bond acceptors (Lipinski definition) is 4. The van der Waals surface area contributed by atoms with Gasteiger partial charge in [0, 0.05) is 6.04 Å². The minimum absolute atomic E-state index is 0.313. The van der Waals surface area contributed by atoms with Gasteiger partial charge in [-0.1, -0.05) is 18.6 Å². The molecule has 4 heteroatoms. The maximum Gasteiger partial charge on any atom is 0.231 e. The fraction of sp³-hybridized carbons (Fsp3) is 0.538. The van der Waals surface area contributed by atoms with Gasteiger partial charge >= 0.3 is 0 Å². The van der Waals surface area contributed by atoms with E-state index in [0.717, 1.165) is 35.1 Å². The van der Waals surface area contributed by atoms with Crippen LogP contribution < -0.4 is 14.2 Å². The van der Waals surface area contributed by atoms with Crippen LogP contribution in [0.5, 0.6) is 17.2 Å². The lowest BCUT2D eigenvalue weighted by molar-refractivity contribution is 0.110. The van der Waals surface area contributed by atoms with E-state index in [0.29, 0.717) is 12.7 Å². The predicted octanol–water partition coefficient (Wildman–Crippen LogP) is 5.46. The van der Waals surface area contributed by atoms with Gasteiger partial charge in [0.2, 0.25) is 6.79 Å². The lowest BCUT2D eigenvalue weighted by Gasteiger charge is -2.40. The molecule has 3 atom stereocenters. The van der Waals surface area contributed by atoms with Gasteiger partial charge in [0.05, 0.1) is 7.11 Å². The summed E-state index contributed by atoms with van der Waals surface area (Å²) in [6.45, 7) is 2.78. The summed E-state index contributed by atoms with van der Waals surface area (Å²) < 4.78 is 16.8. The largest absolute Gasteiger partial charge is 0.496 e. The summed E-state index contributed by atoms with van der Waals surface area (Å²) in [5.74, 6) is 5.28. The third-order valence-electron chi connectivity index (χ3n) is 8.07. The molecule has 4 nitrogen and oxygen atoms in total. The summed E-state index contributed by atoms with van der Waals surface area (Å²) in [6.07, 6.45) is 8.38. The van der Waals surface area contributed by atoms with Crippen molar-refractivity contribution < 1.29 is 14.2 Å². The normalized spacial score (nSPS) is 28.2. The van der Waals surface area contributed by atoms with Crippen molar-refractivity contribution in [2.24, 2.45) is 11.8 Å². The average molecular weight is 406 g/mol. The molecule has 2 aliphatic heterocycles. The van der Waals surface area contributed by atoms with Gasteiger partial charge in [0.15, 0.2) is 11.5 Å². The molecule has 2 heterocycles. The molecule has 1 unspecified atom stereocenters. The van der Waals surface area contributed by atoms with E-state index < -0.39 is 0 Å². The molecule has 2 aromatic rings. The molecule has 0 radical (unpaired) electrons. The van der Waals surface area contributed by atoms with E-state index >= 15 is 0 Å². The Morgan fingerprint density at radius 3 is 2.43 bits per heavy atom. The molecular weight excluding hydrogens is 374 g/mol. The van der Waals surface area contributed by atoms with Crippen molar-refractivity contribution in [2.45, 2.75) is 50.5 Å². The van der Waals surface area contributed by atoms with Crippen molar-refractivity contribution in [2.75, 3.05) is 27.0 Å². The molecule has 0 aromatic heterocycles. The highest BCUT2D eigenvalue weighted by molar-refractivity contribution is 5.69. The van der Waals surface area contributed by atoms with Gasteiger partial charge in [-0.25, -0.2) is 0 Å². The fourth-order valence-electron chi connectivity index (χ4n) is 6.51. The van der Waals surface area contributed by atoms with Crippen molar-refractivity contribution in [3.63, 3.8) is 0 Å². The van der Waals surface area contributed by atoms with Crippen molar-refractivity contribution >= 4 is 0 Å². The van der Waals surface area contributed by atoms with Gasteiger partial charge in [-0.2, -0.15) is 0 Å². The zero-order valence-electron chi connectivity index (χ0n) is 17.8. The van der Waals surface area contributed by atoms with Gasteiger partial charge in [0.25, 0.3) is 0 Å². The third kappa shape index (κ3) is 3.17. The van der Waals surface area contributed by atoms with Gasteiger partial charge in [-0.05, 0) is 104 Å². The average Bonchev–Trinajstić information content (AvgIpc) is 3.55. The van der Waals surface area contributed by atoms with Crippen LogP contribution in [0.4, 0.5) is 0 Å².